The number of fused-ring (bicyclic) bond motifs is 17. The summed E-state index contributed by atoms with van der Waals surface area (Å²) in [6, 6.07) is 64.6. The van der Waals surface area contributed by atoms with Crippen LogP contribution in [0.4, 0.5) is 0 Å². The van der Waals surface area contributed by atoms with Crippen LogP contribution in [-0.4, -0.2) is 0 Å². The van der Waals surface area contributed by atoms with E-state index in [0.29, 0.717) is 0 Å². The molecule has 0 radical (unpaired) electrons. The van der Waals surface area contributed by atoms with Crippen LogP contribution in [-0.2, 0) is 10.8 Å². The molecule has 0 heteroatoms. The van der Waals surface area contributed by atoms with Crippen molar-refractivity contribution in [1.29, 1.82) is 0 Å². The fourth-order valence-electron chi connectivity index (χ4n) is 10.8. The molecule has 0 aromatic heterocycles. The highest BCUT2D eigenvalue weighted by atomic mass is 14.4. The van der Waals surface area contributed by atoms with Gasteiger partial charge in [0, 0.05) is 10.8 Å². The third-order valence-electron chi connectivity index (χ3n) is 13.6. The van der Waals surface area contributed by atoms with E-state index in [2.05, 4.69) is 198 Å². The van der Waals surface area contributed by atoms with Gasteiger partial charge in [0.1, 0.15) is 0 Å². The van der Waals surface area contributed by atoms with Crippen LogP contribution in [0.5, 0.6) is 0 Å². The van der Waals surface area contributed by atoms with Crippen LogP contribution >= 0.6 is 0 Å². The summed E-state index contributed by atoms with van der Waals surface area (Å²) in [7, 11) is 0. The van der Waals surface area contributed by atoms with Gasteiger partial charge in [-0.3, -0.25) is 0 Å². The summed E-state index contributed by atoms with van der Waals surface area (Å²) in [6.07, 6.45) is 0. The number of rotatable bonds is 2. The second-order valence-electron chi connectivity index (χ2n) is 17.2. The lowest BCUT2D eigenvalue weighted by Crippen LogP contribution is -2.14. The molecular weight excluding hydrogens is 673 g/mol. The molecule has 0 unspecified atom stereocenters. The highest BCUT2D eigenvalue weighted by molar-refractivity contribution is 6.39. The summed E-state index contributed by atoms with van der Waals surface area (Å²) in [5.41, 5.74) is 16.0. The second-order valence-corrected chi connectivity index (χ2v) is 17.2. The van der Waals surface area contributed by atoms with Crippen molar-refractivity contribution >= 4 is 53.9 Å². The van der Waals surface area contributed by atoms with Gasteiger partial charge in [-0.2, -0.15) is 0 Å². The lowest BCUT2D eigenvalue weighted by molar-refractivity contribution is 0.660. The molecule has 2 aliphatic carbocycles. The number of hydrogen-bond donors (Lipinski definition) is 0. The summed E-state index contributed by atoms with van der Waals surface area (Å²) in [5.74, 6) is 0. The minimum atomic E-state index is -0.0485. The molecule has 0 atom stereocenters. The Labute approximate surface area is 327 Å². The monoisotopic (exact) mass is 712 g/mol. The SMILES string of the molecule is CC1(C)c2ccccc2-c2ccc(-c3ccc4c5ccc(-c6ccc7c(c6)C(C)(C)c6ccccc6-7)cc5c5c6ccccc6c6ccccc6c5c4c3)cc21. The van der Waals surface area contributed by atoms with E-state index in [4.69, 9.17) is 0 Å². The van der Waals surface area contributed by atoms with Crippen LogP contribution < -0.4 is 0 Å². The Hall–Kier alpha value is -6.50. The summed E-state index contributed by atoms with van der Waals surface area (Å²) in [5, 5.41) is 13.1. The maximum atomic E-state index is 2.48. The average Bonchev–Trinajstić information content (AvgIpc) is 3.62. The Kier molecular flexibility index (Phi) is 6.28. The van der Waals surface area contributed by atoms with Crippen LogP contribution in [0.1, 0.15) is 49.9 Å². The summed E-state index contributed by atoms with van der Waals surface area (Å²) in [4.78, 5) is 0. The van der Waals surface area contributed by atoms with Crippen LogP contribution in [0.15, 0.2) is 170 Å². The molecule has 2 aliphatic rings. The van der Waals surface area contributed by atoms with Crippen molar-refractivity contribution < 1.29 is 0 Å². The van der Waals surface area contributed by atoms with E-state index in [9.17, 15) is 0 Å². The number of benzene rings is 10. The number of hydrogen-bond acceptors (Lipinski definition) is 0. The molecule has 264 valence electrons. The maximum absolute atomic E-state index is 2.48. The molecule has 0 N–H and O–H groups in total. The Morgan fingerprint density at radius 3 is 1.02 bits per heavy atom. The zero-order chi connectivity index (χ0) is 37.5. The molecule has 0 amide bonds. The van der Waals surface area contributed by atoms with E-state index in [-0.39, 0.29) is 10.8 Å². The first-order valence-electron chi connectivity index (χ1n) is 20.0. The van der Waals surface area contributed by atoms with Gasteiger partial charge in [-0.1, -0.05) is 173 Å². The minimum absolute atomic E-state index is 0.0485. The van der Waals surface area contributed by atoms with Gasteiger partial charge in [-0.25, -0.2) is 0 Å². The molecule has 0 aliphatic heterocycles. The van der Waals surface area contributed by atoms with Gasteiger partial charge in [0.2, 0.25) is 0 Å². The fraction of sp³-hybridized carbons (Fsp3) is 0.107. The quantitative estimate of drug-likeness (QED) is 0.157. The molecule has 0 bridgehead atoms. The average molecular weight is 713 g/mol. The molecule has 12 rings (SSSR count). The molecule has 0 nitrogen and oxygen atoms in total. The van der Waals surface area contributed by atoms with Crippen LogP contribution in [0.25, 0.3) is 98.4 Å². The molecule has 0 saturated heterocycles. The van der Waals surface area contributed by atoms with Crippen molar-refractivity contribution in [1.82, 2.24) is 0 Å². The molecule has 0 spiro atoms. The van der Waals surface area contributed by atoms with Crippen molar-refractivity contribution in [3.63, 3.8) is 0 Å². The molecule has 10 aromatic carbocycles. The zero-order valence-corrected chi connectivity index (χ0v) is 32.2. The zero-order valence-electron chi connectivity index (χ0n) is 32.2. The smallest absolute Gasteiger partial charge is 0.0159 e. The predicted octanol–water partition coefficient (Wildman–Crippen LogP) is 15.4. The Bertz CT molecular complexity index is 3130. The van der Waals surface area contributed by atoms with E-state index in [0.717, 1.165) is 0 Å². The first kappa shape index (κ1) is 31.8. The highest BCUT2D eigenvalue weighted by Crippen LogP contribution is 2.52. The van der Waals surface area contributed by atoms with E-state index in [1.54, 1.807) is 0 Å². The first-order valence-corrected chi connectivity index (χ1v) is 20.0. The molecule has 0 saturated carbocycles. The van der Waals surface area contributed by atoms with E-state index >= 15 is 0 Å². The third-order valence-corrected chi connectivity index (χ3v) is 13.6. The Morgan fingerprint density at radius 2 is 0.571 bits per heavy atom. The second kappa shape index (κ2) is 11.1. The van der Waals surface area contributed by atoms with Gasteiger partial charge in [0.15, 0.2) is 0 Å². The maximum Gasteiger partial charge on any atom is 0.0159 e. The fourth-order valence-corrected chi connectivity index (χ4v) is 10.8. The van der Waals surface area contributed by atoms with Gasteiger partial charge >= 0.3 is 0 Å². The van der Waals surface area contributed by atoms with Crippen molar-refractivity contribution in [2.24, 2.45) is 0 Å². The molecule has 0 heterocycles. The van der Waals surface area contributed by atoms with Gasteiger partial charge in [0.25, 0.3) is 0 Å². The van der Waals surface area contributed by atoms with Gasteiger partial charge < -0.3 is 0 Å². The molecule has 10 aromatic rings. The van der Waals surface area contributed by atoms with Crippen molar-refractivity contribution in [2.45, 2.75) is 38.5 Å². The van der Waals surface area contributed by atoms with Gasteiger partial charge in [0.05, 0.1) is 0 Å². The highest BCUT2D eigenvalue weighted by Gasteiger charge is 2.36. The van der Waals surface area contributed by atoms with E-state index in [1.165, 1.54) is 121 Å². The standard InChI is InChI=1S/C56H40/c1-55(2)49-19-11-9-15-41(49)43-27-23-35(31-51(43)55)33-21-25-39-40-26-22-34(36-24-28-44-42-16-10-12-20-50(42)56(3,4)52(44)32-36)30-48(40)54-46-18-8-6-14-38(46)37-13-5-7-17-45(37)53(54)47(39)29-33/h5-32H,1-4H3. The summed E-state index contributed by atoms with van der Waals surface area (Å²) in [6.45, 7) is 9.48. The topological polar surface area (TPSA) is 0 Å². The van der Waals surface area contributed by atoms with Crippen LogP contribution in [0.2, 0.25) is 0 Å². The normalized spacial score (nSPS) is 14.7. The van der Waals surface area contributed by atoms with Crippen molar-refractivity contribution in [3.05, 3.63) is 192 Å². The van der Waals surface area contributed by atoms with E-state index < -0.39 is 0 Å². The largest absolute Gasteiger partial charge is 0.0619 e. The summed E-state index contributed by atoms with van der Waals surface area (Å²) >= 11 is 0. The third kappa shape index (κ3) is 4.14. The lowest BCUT2D eigenvalue weighted by atomic mass is 9.81. The van der Waals surface area contributed by atoms with Crippen LogP contribution in [0, 0.1) is 0 Å². The molecule has 0 fully saturated rings. The molecule has 56 heavy (non-hydrogen) atoms. The van der Waals surface area contributed by atoms with Crippen LogP contribution in [0.3, 0.4) is 0 Å². The van der Waals surface area contributed by atoms with Gasteiger partial charge in [-0.05, 0) is 145 Å². The minimum Gasteiger partial charge on any atom is -0.0619 e. The Balaban J connectivity index is 1.13. The summed E-state index contributed by atoms with van der Waals surface area (Å²) < 4.78 is 0. The molecular formula is C56H40. The lowest BCUT2D eigenvalue weighted by Gasteiger charge is -2.22. The predicted molar refractivity (Wildman–Crippen MR) is 240 cm³/mol. The van der Waals surface area contributed by atoms with Crippen molar-refractivity contribution in [3.8, 4) is 44.5 Å². The van der Waals surface area contributed by atoms with Gasteiger partial charge in [-0.15, -0.1) is 0 Å². The van der Waals surface area contributed by atoms with Crippen molar-refractivity contribution in [2.75, 3.05) is 0 Å². The first-order chi connectivity index (χ1) is 27.3. The Morgan fingerprint density at radius 1 is 0.250 bits per heavy atom. The van der Waals surface area contributed by atoms with E-state index in [1.807, 2.05) is 0 Å².